The molecule has 3 nitrogen and oxygen atoms in total. The Morgan fingerprint density at radius 1 is 1.24 bits per heavy atom. The van der Waals surface area contributed by atoms with Crippen LogP contribution in [-0.2, 0) is 12.2 Å². The first-order valence-corrected chi connectivity index (χ1v) is 8.92. The molecule has 0 unspecified atom stereocenters. The number of hydrogen-bond donors (Lipinski definition) is 1. The van der Waals surface area contributed by atoms with Gasteiger partial charge < -0.3 is 5.73 Å². The number of thiophene rings is 1. The number of rotatable bonds is 1. The van der Waals surface area contributed by atoms with Crippen LogP contribution in [0, 0.1) is 6.92 Å². The maximum Gasteiger partial charge on any atom is 0.172 e. The molecule has 0 fully saturated rings. The molecule has 1 aromatic carbocycles. The summed E-state index contributed by atoms with van der Waals surface area (Å²) >= 11 is 3.81. The van der Waals surface area contributed by atoms with E-state index in [4.69, 9.17) is 10.7 Å². The predicted octanol–water partition coefficient (Wildman–Crippen LogP) is 4.04. The predicted molar refractivity (Wildman–Crippen MR) is 91.9 cm³/mol. The molecule has 2 aromatic heterocycles. The number of nitrogens with two attached hydrogens (primary N) is 1. The largest absolute Gasteiger partial charge is 0.383 e. The topological polar surface area (TPSA) is 51.8 Å². The normalized spacial score (nSPS) is 14.3. The highest BCUT2D eigenvalue weighted by Crippen LogP contribution is 2.36. The molecule has 4 rings (SSSR count). The minimum Gasteiger partial charge on any atom is -0.383 e. The zero-order chi connectivity index (χ0) is 14.4. The van der Waals surface area contributed by atoms with Crippen LogP contribution < -0.4 is 5.73 Å². The highest BCUT2D eigenvalue weighted by atomic mass is 32.2. The molecule has 2 N–H and O–H groups in total. The average Bonchev–Trinajstić information content (AvgIpc) is 2.91. The van der Waals surface area contributed by atoms with Gasteiger partial charge >= 0.3 is 0 Å². The number of benzene rings is 1. The van der Waals surface area contributed by atoms with Crippen molar-refractivity contribution >= 4 is 39.8 Å². The Balaban J connectivity index is 1.89. The third kappa shape index (κ3) is 2.21. The maximum absolute atomic E-state index is 6.17. The number of aromatic nitrogens is 2. The minimum absolute atomic E-state index is 0.578. The van der Waals surface area contributed by atoms with Crippen LogP contribution in [0.25, 0.3) is 21.6 Å². The molecule has 0 saturated carbocycles. The summed E-state index contributed by atoms with van der Waals surface area (Å²) in [5.74, 6) is 3.66. The first kappa shape index (κ1) is 13.1. The van der Waals surface area contributed by atoms with Gasteiger partial charge in [0, 0.05) is 16.0 Å². The summed E-state index contributed by atoms with van der Waals surface area (Å²) in [5.41, 5.74) is 9.66. The van der Waals surface area contributed by atoms with E-state index < -0.39 is 0 Å². The third-order valence-electron chi connectivity index (χ3n) is 3.81. The SMILES string of the molecule is Cc1cccc2nc(-c3cc4c(s3)CCSC4)nc(N)c12. The van der Waals surface area contributed by atoms with E-state index in [-0.39, 0.29) is 0 Å². The summed E-state index contributed by atoms with van der Waals surface area (Å²) in [4.78, 5) is 11.9. The summed E-state index contributed by atoms with van der Waals surface area (Å²) in [6, 6.07) is 8.31. The van der Waals surface area contributed by atoms with Crippen molar-refractivity contribution in [2.24, 2.45) is 0 Å². The smallest absolute Gasteiger partial charge is 0.172 e. The van der Waals surface area contributed by atoms with Crippen LogP contribution in [0.4, 0.5) is 5.82 Å². The molecule has 0 radical (unpaired) electrons. The van der Waals surface area contributed by atoms with Crippen LogP contribution in [0.1, 0.15) is 16.0 Å². The lowest BCUT2D eigenvalue weighted by molar-refractivity contribution is 1.13. The number of fused-ring (bicyclic) bond motifs is 2. The molecule has 0 amide bonds. The van der Waals surface area contributed by atoms with E-state index in [2.05, 4.69) is 11.1 Å². The highest BCUT2D eigenvalue weighted by Gasteiger charge is 2.17. The lowest BCUT2D eigenvalue weighted by Gasteiger charge is -2.08. The molecule has 3 aromatic rings. The summed E-state index contributed by atoms with van der Waals surface area (Å²) in [7, 11) is 0. The molecule has 21 heavy (non-hydrogen) atoms. The second kappa shape index (κ2) is 5.00. The molecular weight excluding hydrogens is 298 g/mol. The zero-order valence-electron chi connectivity index (χ0n) is 11.7. The zero-order valence-corrected chi connectivity index (χ0v) is 13.4. The minimum atomic E-state index is 0.578. The average molecular weight is 313 g/mol. The molecule has 106 valence electrons. The van der Waals surface area contributed by atoms with Crippen molar-refractivity contribution in [3.8, 4) is 10.7 Å². The Bertz CT molecular complexity index is 815. The Morgan fingerprint density at radius 3 is 3.00 bits per heavy atom. The Morgan fingerprint density at radius 2 is 2.14 bits per heavy atom. The monoisotopic (exact) mass is 313 g/mol. The molecule has 5 heteroatoms. The number of thioether (sulfide) groups is 1. The molecule has 1 aliphatic rings. The lowest BCUT2D eigenvalue weighted by Crippen LogP contribution is -1.98. The summed E-state index contributed by atoms with van der Waals surface area (Å²) in [5, 5.41) is 0.970. The highest BCUT2D eigenvalue weighted by molar-refractivity contribution is 7.98. The van der Waals surface area contributed by atoms with Gasteiger partial charge in [0.15, 0.2) is 5.82 Å². The number of aryl methyl sites for hydroxylation is 2. The van der Waals surface area contributed by atoms with Crippen molar-refractivity contribution in [2.75, 3.05) is 11.5 Å². The lowest BCUT2D eigenvalue weighted by atomic mass is 10.1. The van der Waals surface area contributed by atoms with Gasteiger partial charge in [-0.05, 0) is 42.4 Å². The van der Waals surface area contributed by atoms with E-state index in [0.29, 0.717) is 5.82 Å². The van der Waals surface area contributed by atoms with Crippen molar-refractivity contribution in [1.29, 1.82) is 0 Å². The van der Waals surface area contributed by atoms with Crippen molar-refractivity contribution in [3.63, 3.8) is 0 Å². The molecule has 3 heterocycles. The molecule has 0 aliphatic carbocycles. The first-order valence-electron chi connectivity index (χ1n) is 6.95. The van der Waals surface area contributed by atoms with Gasteiger partial charge in [0.2, 0.25) is 0 Å². The number of hydrogen-bond acceptors (Lipinski definition) is 5. The van der Waals surface area contributed by atoms with E-state index in [9.17, 15) is 0 Å². The maximum atomic E-state index is 6.17. The second-order valence-corrected chi connectivity index (χ2v) is 7.51. The Labute approximate surface area is 131 Å². The van der Waals surface area contributed by atoms with Gasteiger partial charge in [0.05, 0.1) is 10.4 Å². The van der Waals surface area contributed by atoms with Crippen molar-refractivity contribution in [3.05, 3.63) is 40.3 Å². The van der Waals surface area contributed by atoms with E-state index >= 15 is 0 Å². The van der Waals surface area contributed by atoms with E-state index in [1.165, 1.54) is 16.2 Å². The summed E-state index contributed by atoms with van der Waals surface area (Å²) in [6.07, 6.45) is 1.16. The fraction of sp³-hybridized carbons (Fsp3) is 0.250. The fourth-order valence-electron chi connectivity index (χ4n) is 2.76. The number of nitrogen functional groups attached to an aromatic ring is 1. The first-order chi connectivity index (χ1) is 10.2. The standard InChI is InChI=1S/C16H15N3S2/c1-9-3-2-4-11-14(9)15(17)19-16(18-11)13-7-10-8-20-6-5-12(10)21-13/h2-4,7H,5-6,8H2,1H3,(H2,17,18,19). The van der Waals surface area contributed by atoms with Gasteiger partial charge in [-0.2, -0.15) is 11.8 Å². The van der Waals surface area contributed by atoms with E-state index in [1.54, 1.807) is 0 Å². The van der Waals surface area contributed by atoms with Gasteiger partial charge in [-0.3, -0.25) is 0 Å². The molecular formula is C16H15N3S2. The third-order valence-corrected chi connectivity index (χ3v) is 6.05. The molecule has 0 spiro atoms. The summed E-state index contributed by atoms with van der Waals surface area (Å²) < 4.78 is 0. The van der Waals surface area contributed by atoms with E-state index in [1.807, 2.05) is 48.2 Å². The molecule has 1 aliphatic heterocycles. The fourth-order valence-corrected chi connectivity index (χ4v) is 5.06. The van der Waals surface area contributed by atoms with Crippen LogP contribution in [0.5, 0.6) is 0 Å². The quantitative estimate of drug-likeness (QED) is 0.736. The van der Waals surface area contributed by atoms with E-state index in [0.717, 1.165) is 39.3 Å². The van der Waals surface area contributed by atoms with Crippen LogP contribution in [0.2, 0.25) is 0 Å². The van der Waals surface area contributed by atoms with Crippen LogP contribution >= 0.6 is 23.1 Å². The molecule has 0 saturated heterocycles. The number of nitrogens with zero attached hydrogens (tertiary/aromatic N) is 2. The van der Waals surface area contributed by atoms with Gasteiger partial charge in [-0.15, -0.1) is 11.3 Å². The Kier molecular flexibility index (Phi) is 3.12. The summed E-state index contributed by atoms with van der Waals surface area (Å²) in [6.45, 7) is 2.04. The van der Waals surface area contributed by atoms with Gasteiger partial charge in [0.25, 0.3) is 0 Å². The Hall–Kier alpha value is -1.59. The van der Waals surface area contributed by atoms with Crippen LogP contribution in [0.15, 0.2) is 24.3 Å². The van der Waals surface area contributed by atoms with Crippen molar-refractivity contribution in [2.45, 2.75) is 19.1 Å². The molecule has 0 atom stereocenters. The second-order valence-electron chi connectivity index (χ2n) is 5.26. The van der Waals surface area contributed by atoms with Crippen LogP contribution in [-0.4, -0.2) is 15.7 Å². The van der Waals surface area contributed by atoms with Crippen LogP contribution in [0.3, 0.4) is 0 Å². The van der Waals surface area contributed by atoms with Gasteiger partial charge in [0.1, 0.15) is 5.82 Å². The number of anilines is 1. The van der Waals surface area contributed by atoms with Crippen molar-refractivity contribution < 1.29 is 0 Å². The van der Waals surface area contributed by atoms with Gasteiger partial charge in [-0.25, -0.2) is 9.97 Å². The van der Waals surface area contributed by atoms with Gasteiger partial charge in [-0.1, -0.05) is 12.1 Å². The van der Waals surface area contributed by atoms with Crippen molar-refractivity contribution in [1.82, 2.24) is 9.97 Å². The molecule has 0 bridgehead atoms.